The summed E-state index contributed by atoms with van der Waals surface area (Å²) in [6.07, 6.45) is 0.472. The Morgan fingerprint density at radius 2 is 2.05 bits per heavy atom. The standard InChI is InChI=1S/C11H11FN2OS4/c12-8-3-1-2-6(7(8)5-15)9(14-11(18)19)4-13-10(16)17/h1-3,5,9H,4H2,(H2,13,16,17)(H2,14,18,19). The van der Waals surface area contributed by atoms with Crippen molar-refractivity contribution in [3.05, 3.63) is 35.1 Å². The fourth-order valence-corrected chi connectivity index (χ4v) is 2.03. The highest BCUT2D eigenvalue weighted by Crippen LogP contribution is 2.19. The van der Waals surface area contributed by atoms with E-state index in [1.165, 1.54) is 12.1 Å². The van der Waals surface area contributed by atoms with Gasteiger partial charge in [-0.3, -0.25) is 4.79 Å². The number of aldehydes is 1. The van der Waals surface area contributed by atoms with Gasteiger partial charge in [0.2, 0.25) is 0 Å². The monoisotopic (exact) mass is 334 g/mol. The topological polar surface area (TPSA) is 41.1 Å². The normalized spacial score (nSPS) is 11.5. The Hall–Kier alpha value is -0.700. The molecule has 0 aliphatic heterocycles. The number of hydrogen-bond acceptors (Lipinski definition) is 3. The van der Waals surface area contributed by atoms with E-state index in [1.54, 1.807) is 6.07 Å². The van der Waals surface area contributed by atoms with E-state index < -0.39 is 11.9 Å². The van der Waals surface area contributed by atoms with E-state index in [1.807, 2.05) is 0 Å². The summed E-state index contributed by atoms with van der Waals surface area (Å²) in [5.74, 6) is -0.585. The number of hydrogen-bond donors (Lipinski definition) is 4. The minimum absolute atomic E-state index is 0.0172. The molecule has 2 N–H and O–H groups in total. The molecule has 1 aromatic carbocycles. The quantitative estimate of drug-likeness (QED) is 0.378. The number of carbonyl (C=O) groups is 1. The zero-order valence-corrected chi connectivity index (χ0v) is 13.0. The van der Waals surface area contributed by atoms with E-state index in [0.717, 1.165) is 0 Å². The van der Waals surface area contributed by atoms with Crippen LogP contribution in [0, 0.1) is 5.82 Å². The fraction of sp³-hybridized carbons (Fsp3) is 0.182. The lowest BCUT2D eigenvalue weighted by atomic mass is 10.0. The average Bonchev–Trinajstić information content (AvgIpc) is 2.33. The van der Waals surface area contributed by atoms with Crippen molar-refractivity contribution < 1.29 is 9.18 Å². The van der Waals surface area contributed by atoms with Crippen molar-refractivity contribution >= 4 is 64.6 Å². The third-order valence-electron chi connectivity index (χ3n) is 2.34. The summed E-state index contributed by atoms with van der Waals surface area (Å²) < 4.78 is 14.1. The van der Waals surface area contributed by atoms with E-state index in [9.17, 15) is 9.18 Å². The second-order valence-electron chi connectivity index (χ2n) is 3.55. The Balaban J connectivity index is 3.08. The molecule has 1 unspecified atom stereocenters. The third-order valence-corrected chi connectivity index (χ3v) is 2.88. The number of nitrogens with one attached hydrogen (secondary N) is 2. The summed E-state index contributed by atoms with van der Waals surface area (Å²) in [7, 11) is 0. The molecule has 0 saturated heterocycles. The largest absolute Gasteiger partial charge is 0.369 e. The van der Waals surface area contributed by atoms with Gasteiger partial charge in [0.05, 0.1) is 11.6 Å². The second-order valence-corrected chi connectivity index (χ2v) is 5.86. The van der Waals surface area contributed by atoms with Crippen molar-refractivity contribution in [2.75, 3.05) is 6.54 Å². The molecule has 3 nitrogen and oxygen atoms in total. The molecular weight excluding hydrogens is 323 g/mol. The van der Waals surface area contributed by atoms with Crippen LogP contribution < -0.4 is 10.6 Å². The Bertz CT molecular complexity index is 509. The fourth-order valence-electron chi connectivity index (χ4n) is 1.56. The first-order valence-electron chi connectivity index (χ1n) is 5.15. The van der Waals surface area contributed by atoms with Gasteiger partial charge in [0.1, 0.15) is 14.5 Å². The molecule has 0 aromatic heterocycles. The van der Waals surface area contributed by atoms with Crippen molar-refractivity contribution in [1.29, 1.82) is 0 Å². The van der Waals surface area contributed by atoms with E-state index in [4.69, 9.17) is 24.4 Å². The Labute approximate surface area is 132 Å². The summed E-state index contributed by atoms with van der Waals surface area (Å²) in [5.41, 5.74) is 0.458. The third kappa shape index (κ3) is 5.06. The maximum atomic E-state index is 13.6. The molecule has 1 aromatic rings. The number of thiol groups is 2. The summed E-state index contributed by atoms with van der Waals surface area (Å²) in [4.78, 5) is 11.0. The van der Waals surface area contributed by atoms with Gasteiger partial charge in [0, 0.05) is 6.54 Å². The van der Waals surface area contributed by atoms with Gasteiger partial charge < -0.3 is 10.6 Å². The van der Waals surface area contributed by atoms with Gasteiger partial charge in [0.25, 0.3) is 0 Å². The van der Waals surface area contributed by atoms with Crippen molar-refractivity contribution in [3.63, 3.8) is 0 Å². The lowest BCUT2D eigenvalue weighted by Crippen LogP contribution is -2.34. The van der Waals surface area contributed by atoms with Crippen LogP contribution in [0.2, 0.25) is 0 Å². The van der Waals surface area contributed by atoms with E-state index in [-0.39, 0.29) is 9.88 Å². The van der Waals surface area contributed by atoms with Crippen LogP contribution in [0.4, 0.5) is 4.39 Å². The molecule has 102 valence electrons. The maximum Gasteiger partial charge on any atom is 0.153 e. The zero-order chi connectivity index (χ0) is 14.4. The first-order chi connectivity index (χ1) is 8.95. The highest BCUT2D eigenvalue weighted by Gasteiger charge is 2.18. The first kappa shape index (κ1) is 16.4. The summed E-state index contributed by atoms with van der Waals surface area (Å²) in [6, 6.07) is 3.94. The predicted molar refractivity (Wildman–Crippen MR) is 88.8 cm³/mol. The van der Waals surface area contributed by atoms with Gasteiger partial charge in [-0.15, -0.1) is 25.3 Å². The minimum Gasteiger partial charge on any atom is -0.369 e. The molecule has 0 radical (unpaired) electrons. The maximum absolute atomic E-state index is 13.6. The molecule has 8 heteroatoms. The molecule has 0 fully saturated rings. The van der Waals surface area contributed by atoms with Crippen LogP contribution in [0.5, 0.6) is 0 Å². The van der Waals surface area contributed by atoms with E-state index in [2.05, 4.69) is 35.9 Å². The van der Waals surface area contributed by atoms with Crippen LogP contribution >= 0.6 is 49.7 Å². The molecule has 0 saturated carbocycles. The van der Waals surface area contributed by atoms with Gasteiger partial charge in [-0.25, -0.2) is 4.39 Å². The van der Waals surface area contributed by atoms with E-state index in [0.29, 0.717) is 22.7 Å². The molecule has 0 spiro atoms. The van der Waals surface area contributed by atoms with Crippen LogP contribution in [-0.4, -0.2) is 21.5 Å². The molecule has 0 bridgehead atoms. The van der Waals surface area contributed by atoms with Crippen molar-refractivity contribution in [2.24, 2.45) is 0 Å². The smallest absolute Gasteiger partial charge is 0.153 e. The van der Waals surface area contributed by atoms with Crippen LogP contribution in [0.25, 0.3) is 0 Å². The van der Waals surface area contributed by atoms with Gasteiger partial charge in [-0.2, -0.15) is 0 Å². The van der Waals surface area contributed by atoms with Crippen LogP contribution in [-0.2, 0) is 0 Å². The van der Waals surface area contributed by atoms with Crippen molar-refractivity contribution in [1.82, 2.24) is 10.6 Å². The Morgan fingerprint density at radius 3 is 2.58 bits per heavy atom. The molecule has 0 aliphatic rings. The molecule has 1 atom stereocenters. The highest BCUT2D eigenvalue weighted by molar-refractivity contribution is 8.11. The van der Waals surface area contributed by atoms with Crippen LogP contribution in [0.15, 0.2) is 18.2 Å². The minimum atomic E-state index is -0.585. The van der Waals surface area contributed by atoms with Crippen molar-refractivity contribution in [2.45, 2.75) is 6.04 Å². The lowest BCUT2D eigenvalue weighted by Gasteiger charge is -2.21. The average molecular weight is 334 g/mol. The number of carbonyl (C=O) groups excluding carboxylic acids is 1. The van der Waals surface area contributed by atoms with Gasteiger partial charge >= 0.3 is 0 Å². The first-order valence-corrected chi connectivity index (χ1v) is 6.86. The molecule has 1 rings (SSSR count). The number of thiocarbonyl (C=S) groups is 2. The molecule has 0 amide bonds. The van der Waals surface area contributed by atoms with Crippen LogP contribution in [0.1, 0.15) is 22.0 Å². The number of benzene rings is 1. The highest BCUT2D eigenvalue weighted by atomic mass is 32.1. The number of halogens is 1. The van der Waals surface area contributed by atoms with Crippen molar-refractivity contribution in [3.8, 4) is 0 Å². The molecule has 0 heterocycles. The molecule has 0 aliphatic carbocycles. The second kappa shape index (κ2) is 7.78. The summed E-state index contributed by atoms with van der Waals surface area (Å²) in [6.45, 7) is 0.299. The number of rotatable bonds is 5. The van der Waals surface area contributed by atoms with Crippen LogP contribution in [0.3, 0.4) is 0 Å². The summed E-state index contributed by atoms with van der Waals surface area (Å²) in [5, 5.41) is 5.69. The van der Waals surface area contributed by atoms with Gasteiger partial charge in [0.15, 0.2) is 6.29 Å². The lowest BCUT2D eigenvalue weighted by molar-refractivity contribution is 0.111. The summed E-state index contributed by atoms with van der Waals surface area (Å²) >= 11 is 17.6. The SMILES string of the molecule is O=Cc1c(F)cccc1C(CNC(=S)S)NC(=S)S. The molecule has 19 heavy (non-hydrogen) atoms. The zero-order valence-electron chi connectivity index (χ0n) is 9.59. The van der Waals surface area contributed by atoms with Gasteiger partial charge in [-0.1, -0.05) is 36.6 Å². The van der Waals surface area contributed by atoms with Gasteiger partial charge in [-0.05, 0) is 11.6 Å². The Morgan fingerprint density at radius 1 is 1.37 bits per heavy atom. The van der Waals surface area contributed by atoms with E-state index >= 15 is 0 Å². The molecular formula is C11H11FN2OS4. The Kier molecular flexibility index (Phi) is 6.70. The predicted octanol–water partition coefficient (Wildman–Crippen LogP) is 2.29.